The third kappa shape index (κ3) is 4.17. The van der Waals surface area contributed by atoms with Crippen molar-refractivity contribution in [2.75, 3.05) is 0 Å². The average Bonchev–Trinajstić information content (AvgIpc) is 3.38. The van der Waals surface area contributed by atoms with E-state index in [0.29, 0.717) is 16.3 Å². The molecule has 0 aliphatic heterocycles. The van der Waals surface area contributed by atoms with Gasteiger partial charge in [-0.25, -0.2) is 4.98 Å². The molecule has 4 rings (SSSR count). The van der Waals surface area contributed by atoms with Crippen LogP contribution in [0.2, 0.25) is 5.02 Å². The molecule has 28 heavy (non-hydrogen) atoms. The number of nitrogens with zero attached hydrogens (tertiary/aromatic N) is 1. The molecule has 2 N–H and O–H groups in total. The van der Waals surface area contributed by atoms with Crippen molar-refractivity contribution in [2.45, 2.75) is 24.6 Å². The number of nitrogens with two attached hydrogens (primary N) is 1. The summed E-state index contributed by atoms with van der Waals surface area (Å²) in [7, 11) is 0. The first-order chi connectivity index (χ1) is 12.8. The van der Waals surface area contributed by atoms with Crippen LogP contribution in [0.15, 0.2) is 60.7 Å². The first kappa shape index (κ1) is 20.6. The Morgan fingerprint density at radius 1 is 0.964 bits per heavy atom. The Bertz CT molecular complexity index is 988. The van der Waals surface area contributed by atoms with E-state index >= 15 is 0 Å². The molecule has 0 unspecified atom stereocenters. The maximum Gasteiger partial charge on any atom is 0.416 e. The van der Waals surface area contributed by atoms with E-state index in [4.69, 9.17) is 22.3 Å². The maximum atomic E-state index is 13.0. The van der Waals surface area contributed by atoms with E-state index in [0.717, 1.165) is 35.4 Å². The van der Waals surface area contributed by atoms with Gasteiger partial charge in [0.15, 0.2) is 0 Å². The molecule has 0 saturated heterocycles. The van der Waals surface area contributed by atoms with Crippen molar-refractivity contribution in [3.63, 3.8) is 0 Å². The summed E-state index contributed by atoms with van der Waals surface area (Å²) in [5, 5.41) is 0.609. The lowest BCUT2D eigenvalue weighted by molar-refractivity contribution is -0.137. The summed E-state index contributed by atoms with van der Waals surface area (Å²) in [4.78, 5) is 4.70. The fraction of sp³-hybridized carbons (Fsp3) is 0.190. The minimum Gasteiger partial charge on any atom is -0.327 e. The minimum atomic E-state index is -4.39. The standard InChI is InChI=1S/C21H16ClF3N2.ClH/c22-15-6-4-12(5-7-15)20-16(17-11-18(17)26)8-9-19(27-20)13-2-1-3-14(10-13)21(23,24)25;/h1-10,17-18H,11,26H2;1H/t17-,18+;/m0./s1. The second-order valence-corrected chi connectivity index (χ2v) is 7.16. The number of hydrogen-bond acceptors (Lipinski definition) is 2. The molecule has 0 amide bonds. The lowest BCUT2D eigenvalue weighted by Gasteiger charge is -2.13. The highest BCUT2D eigenvalue weighted by Crippen LogP contribution is 2.44. The van der Waals surface area contributed by atoms with Crippen LogP contribution in [0.25, 0.3) is 22.5 Å². The summed E-state index contributed by atoms with van der Waals surface area (Å²) in [6.45, 7) is 0. The molecular weight excluding hydrogens is 408 g/mol. The van der Waals surface area contributed by atoms with Gasteiger partial charge in [-0.3, -0.25) is 0 Å². The lowest BCUT2D eigenvalue weighted by atomic mass is 9.99. The molecule has 1 fully saturated rings. The van der Waals surface area contributed by atoms with Crippen molar-refractivity contribution in [3.8, 4) is 22.5 Å². The van der Waals surface area contributed by atoms with E-state index in [2.05, 4.69) is 0 Å². The van der Waals surface area contributed by atoms with Crippen LogP contribution in [0.4, 0.5) is 13.2 Å². The molecule has 2 nitrogen and oxygen atoms in total. The highest BCUT2D eigenvalue weighted by Gasteiger charge is 2.37. The van der Waals surface area contributed by atoms with Crippen molar-refractivity contribution in [1.29, 1.82) is 0 Å². The van der Waals surface area contributed by atoms with Crippen LogP contribution in [0, 0.1) is 0 Å². The zero-order valence-corrected chi connectivity index (χ0v) is 16.2. The molecule has 1 heterocycles. The summed E-state index contributed by atoms with van der Waals surface area (Å²) in [5.41, 5.74) is 8.85. The zero-order valence-electron chi connectivity index (χ0n) is 14.6. The smallest absolute Gasteiger partial charge is 0.327 e. The third-order valence-corrected chi connectivity index (χ3v) is 5.02. The summed E-state index contributed by atoms with van der Waals surface area (Å²) in [5.74, 6) is 0.221. The van der Waals surface area contributed by atoms with E-state index in [9.17, 15) is 13.2 Å². The number of halogens is 5. The second-order valence-electron chi connectivity index (χ2n) is 6.73. The molecule has 1 aliphatic carbocycles. The van der Waals surface area contributed by atoms with Gasteiger partial charge < -0.3 is 5.73 Å². The van der Waals surface area contributed by atoms with Gasteiger partial charge in [0.05, 0.1) is 17.0 Å². The van der Waals surface area contributed by atoms with Crippen LogP contribution in [-0.4, -0.2) is 11.0 Å². The maximum absolute atomic E-state index is 13.0. The fourth-order valence-corrected chi connectivity index (χ4v) is 3.32. The van der Waals surface area contributed by atoms with Crippen molar-refractivity contribution < 1.29 is 13.2 Å². The van der Waals surface area contributed by atoms with Crippen LogP contribution in [0.3, 0.4) is 0 Å². The summed E-state index contributed by atoms with van der Waals surface area (Å²) < 4.78 is 39.1. The van der Waals surface area contributed by atoms with Crippen LogP contribution in [0.1, 0.15) is 23.5 Å². The van der Waals surface area contributed by atoms with Gasteiger partial charge in [0.1, 0.15) is 0 Å². The lowest BCUT2D eigenvalue weighted by Crippen LogP contribution is -2.05. The van der Waals surface area contributed by atoms with Gasteiger partial charge in [-0.05, 0) is 42.3 Å². The van der Waals surface area contributed by atoms with E-state index < -0.39 is 11.7 Å². The number of hydrogen-bond donors (Lipinski definition) is 1. The van der Waals surface area contributed by atoms with Gasteiger partial charge in [0.25, 0.3) is 0 Å². The van der Waals surface area contributed by atoms with Crippen LogP contribution in [0.5, 0.6) is 0 Å². The van der Waals surface area contributed by atoms with Gasteiger partial charge in [0.2, 0.25) is 0 Å². The Kier molecular flexibility index (Phi) is 5.71. The predicted octanol–water partition coefficient (Wildman–Crippen LogP) is 6.32. The Morgan fingerprint density at radius 3 is 2.25 bits per heavy atom. The number of aromatic nitrogens is 1. The summed E-state index contributed by atoms with van der Waals surface area (Å²) in [6.07, 6.45) is -3.51. The van der Waals surface area contributed by atoms with Gasteiger partial charge in [-0.15, -0.1) is 12.4 Å². The molecule has 1 saturated carbocycles. The molecule has 2 atom stereocenters. The summed E-state index contributed by atoms with van der Waals surface area (Å²) in [6, 6.07) is 16.2. The SMILES string of the molecule is Cl.N[C@@H]1C[C@H]1c1ccc(-c2cccc(C(F)(F)F)c2)nc1-c1ccc(Cl)cc1. The Hall–Kier alpha value is -2.08. The molecule has 1 aliphatic rings. The Balaban J connectivity index is 0.00000225. The molecule has 2 aromatic carbocycles. The first-order valence-electron chi connectivity index (χ1n) is 8.53. The van der Waals surface area contributed by atoms with Gasteiger partial charge in [0, 0.05) is 28.1 Å². The van der Waals surface area contributed by atoms with Crippen LogP contribution < -0.4 is 5.73 Å². The highest BCUT2D eigenvalue weighted by atomic mass is 35.5. The fourth-order valence-electron chi connectivity index (χ4n) is 3.20. The summed E-state index contributed by atoms with van der Waals surface area (Å²) >= 11 is 5.98. The van der Waals surface area contributed by atoms with Gasteiger partial charge in [-0.2, -0.15) is 13.2 Å². The topological polar surface area (TPSA) is 38.9 Å². The largest absolute Gasteiger partial charge is 0.416 e. The predicted molar refractivity (Wildman–Crippen MR) is 108 cm³/mol. The van der Waals surface area contributed by atoms with Crippen molar-refractivity contribution in [1.82, 2.24) is 4.98 Å². The van der Waals surface area contributed by atoms with Crippen molar-refractivity contribution >= 4 is 24.0 Å². The zero-order chi connectivity index (χ0) is 19.2. The number of rotatable bonds is 3. The van der Waals surface area contributed by atoms with Crippen LogP contribution in [-0.2, 0) is 6.18 Å². The van der Waals surface area contributed by atoms with Gasteiger partial charge in [-0.1, -0.05) is 41.9 Å². The van der Waals surface area contributed by atoms with Crippen molar-refractivity contribution in [3.05, 3.63) is 76.8 Å². The monoisotopic (exact) mass is 424 g/mol. The molecule has 7 heteroatoms. The molecule has 0 spiro atoms. The van der Waals surface area contributed by atoms with Crippen molar-refractivity contribution in [2.24, 2.45) is 5.73 Å². The van der Waals surface area contributed by atoms with E-state index in [-0.39, 0.29) is 24.4 Å². The molecule has 1 aromatic heterocycles. The second kappa shape index (κ2) is 7.74. The third-order valence-electron chi connectivity index (χ3n) is 4.77. The van der Waals surface area contributed by atoms with Crippen LogP contribution >= 0.6 is 24.0 Å². The van der Waals surface area contributed by atoms with E-state index in [1.165, 1.54) is 6.07 Å². The quantitative estimate of drug-likeness (QED) is 0.533. The van der Waals surface area contributed by atoms with Gasteiger partial charge >= 0.3 is 6.18 Å². The molecule has 146 valence electrons. The first-order valence-corrected chi connectivity index (χ1v) is 8.91. The molecule has 0 bridgehead atoms. The molecular formula is C21H17Cl2F3N2. The minimum absolute atomic E-state index is 0. The Labute approximate surface area is 172 Å². The average molecular weight is 425 g/mol. The molecule has 3 aromatic rings. The Morgan fingerprint density at radius 2 is 1.64 bits per heavy atom. The highest BCUT2D eigenvalue weighted by molar-refractivity contribution is 6.30. The van der Waals surface area contributed by atoms with E-state index in [1.807, 2.05) is 18.2 Å². The number of benzene rings is 2. The number of pyridine rings is 1. The number of alkyl halides is 3. The van der Waals surface area contributed by atoms with E-state index in [1.54, 1.807) is 24.3 Å². The molecule has 0 radical (unpaired) electrons. The normalized spacial score (nSPS) is 18.5.